The third-order valence-electron chi connectivity index (χ3n) is 2.06. The molecule has 0 N–H and O–H groups in total. The highest BCUT2D eigenvalue weighted by Crippen LogP contribution is 2.45. The first-order valence-electron chi connectivity index (χ1n) is 3.62. The quantitative estimate of drug-likeness (QED) is 0.407. The van der Waals surface area contributed by atoms with Gasteiger partial charge in [-0.2, -0.15) is 0 Å². The molecule has 4 heteroatoms. The molecule has 1 aromatic rings. The zero-order valence-corrected chi connectivity index (χ0v) is 9.06. The highest BCUT2D eigenvalue weighted by atomic mass is 127. The number of aromatic nitrogens is 1. The maximum atomic E-state index is 13.6. The Morgan fingerprint density at radius 2 is 2.42 bits per heavy atom. The lowest BCUT2D eigenvalue weighted by Crippen LogP contribution is -2.04. The second-order valence-electron chi connectivity index (χ2n) is 2.87. The summed E-state index contributed by atoms with van der Waals surface area (Å²) in [6.07, 6.45) is 2.83. The third-order valence-corrected chi connectivity index (χ3v) is 3.39. The fourth-order valence-electron chi connectivity index (χ4n) is 1.43. The summed E-state index contributed by atoms with van der Waals surface area (Å²) < 4.78 is 12.4. The number of rotatable bonds is 0. The maximum absolute atomic E-state index is 13.6. The number of alkyl halides is 2. The van der Waals surface area contributed by atoms with Crippen molar-refractivity contribution in [3.63, 3.8) is 0 Å². The molecule has 1 unspecified atom stereocenters. The van der Waals surface area contributed by atoms with Crippen LogP contribution in [-0.4, -0.2) is 4.98 Å². The van der Waals surface area contributed by atoms with Gasteiger partial charge < -0.3 is 0 Å². The van der Waals surface area contributed by atoms with Crippen LogP contribution in [0.3, 0.4) is 0 Å². The zero-order valence-electron chi connectivity index (χ0n) is 6.15. The van der Waals surface area contributed by atoms with E-state index in [-0.39, 0.29) is 0 Å². The molecule has 1 aliphatic rings. The lowest BCUT2D eigenvalue weighted by atomic mass is 10.2. The predicted octanol–water partition coefficient (Wildman–Crippen LogP) is 3.24. The highest BCUT2D eigenvalue weighted by molar-refractivity contribution is 14.1. The van der Waals surface area contributed by atoms with E-state index in [9.17, 15) is 4.39 Å². The standard InChI is InChI=1S/C8H6ClFIN/c9-7-3-5-1-2-8(10,11)6(5)4-12-7/h3-4H,1-2H2. The summed E-state index contributed by atoms with van der Waals surface area (Å²) >= 11 is 7.50. The first kappa shape index (κ1) is 8.69. The van der Waals surface area contributed by atoms with Crippen LogP contribution >= 0.6 is 34.2 Å². The van der Waals surface area contributed by atoms with Crippen molar-refractivity contribution in [2.24, 2.45) is 0 Å². The molecule has 12 heavy (non-hydrogen) atoms. The first-order valence-corrected chi connectivity index (χ1v) is 5.08. The number of nitrogens with zero attached hydrogens (tertiary/aromatic N) is 1. The second kappa shape index (κ2) is 2.80. The van der Waals surface area contributed by atoms with Crippen molar-refractivity contribution in [2.45, 2.75) is 16.5 Å². The Balaban J connectivity index is 2.55. The average Bonchev–Trinajstić information content (AvgIpc) is 2.27. The normalized spacial score (nSPS) is 27.2. The molecule has 1 atom stereocenters. The van der Waals surface area contributed by atoms with Crippen LogP contribution in [0.25, 0.3) is 0 Å². The van der Waals surface area contributed by atoms with Crippen LogP contribution < -0.4 is 0 Å². The van der Waals surface area contributed by atoms with Crippen molar-refractivity contribution in [3.05, 3.63) is 28.5 Å². The summed E-state index contributed by atoms with van der Waals surface area (Å²) in [7, 11) is 0. The van der Waals surface area contributed by atoms with Gasteiger partial charge in [0.25, 0.3) is 0 Å². The van der Waals surface area contributed by atoms with Gasteiger partial charge in [0.2, 0.25) is 0 Å². The summed E-state index contributed by atoms with van der Waals surface area (Å²) in [4.78, 5) is 3.87. The SMILES string of the molecule is FC1(I)CCc2cc(Cl)ncc21. The Kier molecular flexibility index (Phi) is 2.03. The van der Waals surface area contributed by atoms with Gasteiger partial charge in [-0.1, -0.05) is 11.6 Å². The van der Waals surface area contributed by atoms with Crippen molar-refractivity contribution in [1.29, 1.82) is 0 Å². The first-order chi connectivity index (χ1) is 5.59. The molecule has 0 saturated heterocycles. The van der Waals surface area contributed by atoms with E-state index in [2.05, 4.69) is 4.98 Å². The molecular weight excluding hydrogens is 291 g/mol. The minimum atomic E-state index is -1.23. The topological polar surface area (TPSA) is 12.9 Å². The van der Waals surface area contributed by atoms with E-state index in [0.717, 1.165) is 12.0 Å². The van der Waals surface area contributed by atoms with E-state index in [1.165, 1.54) is 6.20 Å². The van der Waals surface area contributed by atoms with Gasteiger partial charge in [-0.05, 0) is 47.1 Å². The molecule has 1 nitrogen and oxygen atoms in total. The third kappa shape index (κ3) is 1.33. The molecule has 1 heterocycles. The number of hydrogen-bond acceptors (Lipinski definition) is 1. The maximum Gasteiger partial charge on any atom is 0.188 e. The summed E-state index contributed by atoms with van der Waals surface area (Å²) in [6.45, 7) is 0. The Labute approximate surface area is 88.5 Å². The molecule has 0 radical (unpaired) electrons. The minimum Gasteiger partial charge on any atom is -0.244 e. The van der Waals surface area contributed by atoms with Gasteiger partial charge >= 0.3 is 0 Å². The van der Waals surface area contributed by atoms with E-state index in [0.29, 0.717) is 17.1 Å². The molecule has 0 spiro atoms. The lowest BCUT2D eigenvalue weighted by Gasteiger charge is -2.10. The molecule has 0 aromatic carbocycles. The van der Waals surface area contributed by atoms with Crippen LogP contribution in [0.5, 0.6) is 0 Å². The van der Waals surface area contributed by atoms with E-state index in [4.69, 9.17) is 11.6 Å². The number of halogens is 3. The molecule has 0 amide bonds. The van der Waals surface area contributed by atoms with E-state index >= 15 is 0 Å². The molecule has 0 fully saturated rings. The molecule has 1 aromatic heterocycles. The van der Waals surface area contributed by atoms with Crippen molar-refractivity contribution in [3.8, 4) is 0 Å². The lowest BCUT2D eigenvalue weighted by molar-refractivity contribution is 0.318. The number of aryl methyl sites for hydroxylation is 1. The van der Waals surface area contributed by atoms with Gasteiger partial charge in [0.15, 0.2) is 3.68 Å². The van der Waals surface area contributed by atoms with Crippen LogP contribution in [0.1, 0.15) is 17.5 Å². The number of hydrogen-bond donors (Lipinski definition) is 0. The Morgan fingerprint density at radius 3 is 3.17 bits per heavy atom. The van der Waals surface area contributed by atoms with Crippen LogP contribution in [0.15, 0.2) is 12.3 Å². The van der Waals surface area contributed by atoms with Crippen LogP contribution in [0.2, 0.25) is 5.15 Å². The van der Waals surface area contributed by atoms with Crippen molar-refractivity contribution in [2.75, 3.05) is 0 Å². The van der Waals surface area contributed by atoms with Crippen LogP contribution in [0.4, 0.5) is 4.39 Å². The van der Waals surface area contributed by atoms with E-state index < -0.39 is 3.68 Å². The molecule has 2 rings (SSSR count). The van der Waals surface area contributed by atoms with Crippen molar-refractivity contribution < 1.29 is 4.39 Å². The molecule has 64 valence electrons. The molecule has 0 saturated carbocycles. The van der Waals surface area contributed by atoms with Crippen LogP contribution in [0, 0.1) is 0 Å². The largest absolute Gasteiger partial charge is 0.244 e. The monoisotopic (exact) mass is 297 g/mol. The smallest absolute Gasteiger partial charge is 0.188 e. The summed E-state index contributed by atoms with van der Waals surface area (Å²) in [5, 5.41) is 0.447. The number of pyridine rings is 1. The second-order valence-corrected chi connectivity index (χ2v) is 4.97. The van der Waals surface area contributed by atoms with Gasteiger partial charge in [-0.3, -0.25) is 0 Å². The Hall–Kier alpha value is 0.1000. The Morgan fingerprint density at radius 1 is 1.67 bits per heavy atom. The van der Waals surface area contributed by atoms with Gasteiger partial charge in [0.05, 0.1) is 0 Å². The summed E-state index contributed by atoms with van der Waals surface area (Å²) in [6, 6.07) is 1.75. The van der Waals surface area contributed by atoms with E-state index in [1.54, 1.807) is 6.07 Å². The fourth-order valence-corrected chi connectivity index (χ4v) is 2.37. The molecular formula is C8H6ClFIN. The van der Waals surface area contributed by atoms with Gasteiger partial charge in [-0.15, -0.1) is 0 Å². The molecule has 1 aliphatic carbocycles. The summed E-state index contributed by atoms with van der Waals surface area (Å²) in [5.41, 5.74) is 1.68. The van der Waals surface area contributed by atoms with Gasteiger partial charge in [-0.25, -0.2) is 9.37 Å². The van der Waals surface area contributed by atoms with Crippen molar-refractivity contribution in [1.82, 2.24) is 4.98 Å². The molecule has 0 bridgehead atoms. The van der Waals surface area contributed by atoms with Gasteiger partial charge in [0.1, 0.15) is 5.15 Å². The molecule has 0 aliphatic heterocycles. The average molecular weight is 297 g/mol. The summed E-state index contributed by atoms with van der Waals surface area (Å²) in [5.74, 6) is 0. The van der Waals surface area contributed by atoms with Gasteiger partial charge in [0, 0.05) is 11.8 Å². The number of fused-ring (bicyclic) bond motifs is 1. The highest BCUT2D eigenvalue weighted by Gasteiger charge is 2.36. The Bertz CT molecular complexity index is 327. The predicted molar refractivity (Wildman–Crippen MR) is 54.4 cm³/mol. The fraction of sp³-hybridized carbons (Fsp3) is 0.375. The van der Waals surface area contributed by atoms with E-state index in [1.807, 2.05) is 22.6 Å². The zero-order chi connectivity index (χ0) is 8.77. The van der Waals surface area contributed by atoms with Crippen molar-refractivity contribution >= 4 is 34.2 Å². The van der Waals surface area contributed by atoms with Crippen LogP contribution in [-0.2, 0) is 10.1 Å². The minimum absolute atomic E-state index is 0.447.